The molecule has 0 amide bonds. The summed E-state index contributed by atoms with van der Waals surface area (Å²) in [6.45, 7) is 4.67. The minimum atomic E-state index is 0.266. The quantitative estimate of drug-likeness (QED) is 0.518. The third kappa shape index (κ3) is 1.17. The maximum absolute atomic E-state index is 5.48. The highest BCUT2D eigenvalue weighted by Gasteiger charge is 2.26. The van der Waals surface area contributed by atoms with E-state index in [1.165, 1.54) is 19.5 Å². The van der Waals surface area contributed by atoms with Gasteiger partial charge >= 0.3 is 0 Å². The van der Waals surface area contributed by atoms with Crippen LogP contribution in [0.5, 0.6) is 0 Å². The maximum Gasteiger partial charge on any atom is 0.134 e. The zero-order chi connectivity index (χ0) is 6.81. The van der Waals surface area contributed by atoms with E-state index in [0.29, 0.717) is 0 Å². The Morgan fingerprint density at radius 2 is 2.10 bits per heavy atom. The first-order valence-electron chi connectivity index (χ1n) is 3.90. The molecule has 3 heteroatoms. The molecule has 0 spiro atoms. The number of likely N-dealkylation sites (tertiary alicyclic amines) is 1. The molecule has 0 aromatic rings. The lowest BCUT2D eigenvalue weighted by Crippen LogP contribution is -2.50. The number of nitrogens with zero attached hydrogens (tertiary/aromatic N) is 1. The molecule has 0 aliphatic carbocycles. The molecule has 58 valence electrons. The molecule has 0 radical (unpaired) electrons. The van der Waals surface area contributed by atoms with Crippen LogP contribution in [0.2, 0.25) is 0 Å². The van der Waals surface area contributed by atoms with E-state index in [2.05, 4.69) is 4.90 Å². The minimum absolute atomic E-state index is 0.266. The van der Waals surface area contributed by atoms with Crippen LogP contribution in [-0.2, 0) is 9.47 Å². The lowest BCUT2D eigenvalue weighted by molar-refractivity contribution is -0.168. The molecule has 0 aromatic carbocycles. The SMILES string of the molecule is C1CN(C2COCCO2)C1. The second-order valence-corrected chi connectivity index (χ2v) is 2.79. The van der Waals surface area contributed by atoms with Gasteiger partial charge < -0.3 is 9.47 Å². The van der Waals surface area contributed by atoms with Gasteiger partial charge in [-0.3, -0.25) is 4.90 Å². The van der Waals surface area contributed by atoms with Gasteiger partial charge in [0.05, 0.1) is 19.8 Å². The van der Waals surface area contributed by atoms with Crippen LogP contribution < -0.4 is 0 Å². The van der Waals surface area contributed by atoms with Gasteiger partial charge in [0.15, 0.2) is 0 Å². The van der Waals surface area contributed by atoms with Gasteiger partial charge in [-0.05, 0) is 6.42 Å². The fraction of sp³-hybridized carbons (Fsp3) is 1.00. The molecule has 0 saturated carbocycles. The van der Waals surface area contributed by atoms with E-state index in [1.54, 1.807) is 0 Å². The Labute approximate surface area is 60.9 Å². The molecule has 3 nitrogen and oxygen atoms in total. The van der Waals surface area contributed by atoms with Gasteiger partial charge in [0.25, 0.3) is 0 Å². The Morgan fingerprint density at radius 3 is 2.60 bits per heavy atom. The lowest BCUT2D eigenvalue weighted by atomic mass is 10.2. The van der Waals surface area contributed by atoms with Crippen molar-refractivity contribution in [2.24, 2.45) is 0 Å². The summed E-state index contributed by atoms with van der Waals surface area (Å²) < 4.78 is 10.8. The van der Waals surface area contributed by atoms with Crippen molar-refractivity contribution >= 4 is 0 Å². The van der Waals surface area contributed by atoms with Crippen molar-refractivity contribution < 1.29 is 9.47 Å². The van der Waals surface area contributed by atoms with Gasteiger partial charge in [0, 0.05) is 13.1 Å². The lowest BCUT2D eigenvalue weighted by Gasteiger charge is -2.39. The van der Waals surface area contributed by atoms with Gasteiger partial charge in [-0.25, -0.2) is 0 Å². The Morgan fingerprint density at radius 1 is 1.20 bits per heavy atom. The smallest absolute Gasteiger partial charge is 0.134 e. The predicted molar refractivity (Wildman–Crippen MR) is 36.7 cm³/mol. The van der Waals surface area contributed by atoms with Crippen molar-refractivity contribution in [2.45, 2.75) is 12.6 Å². The largest absolute Gasteiger partial charge is 0.375 e. The fourth-order valence-electron chi connectivity index (χ4n) is 1.31. The van der Waals surface area contributed by atoms with Gasteiger partial charge in [-0.1, -0.05) is 0 Å². The van der Waals surface area contributed by atoms with Crippen molar-refractivity contribution in [2.75, 3.05) is 32.9 Å². The summed E-state index contributed by atoms with van der Waals surface area (Å²) in [4.78, 5) is 2.32. The van der Waals surface area contributed by atoms with E-state index in [4.69, 9.17) is 9.47 Å². The van der Waals surface area contributed by atoms with Gasteiger partial charge in [-0.2, -0.15) is 0 Å². The molecule has 0 N–H and O–H groups in total. The molecule has 1 unspecified atom stereocenters. The Bertz CT molecular complexity index is 108. The van der Waals surface area contributed by atoms with Crippen LogP contribution >= 0.6 is 0 Å². The maximum atomic E-state index is 5.48. The number of rotatable bonds is 1. The van der Waals surface area contributed by atoms with Crippen molar-refractivity contribution in [3.05, 3.63) is 0 Å². The van der Waals surface area contributed by atoms with Crippen LogP contribution in [0.25, 0.3) is 0 Å². The zero-order valence-electron chi connectivity index (χ0n) is 6.08. The summed E-state index contributed by atoms with van der Waals surface area (Å²) in [6, 6.07) is 0. The van der Waals surface area contributed by atoms with Gasteiger partial charge in [0.1, 0.15) is 6.23 Å². The molecule has 2 aliphatic rings. The van der Waals surface area contributed by atoms with Crippen LogP contribution in [0.1, 0.15) is 6.42 Å². The minimum Gasteiger partial charge on any atom is -0.375 e. The highest BCUT2D eigenvalue weighted by atomic mass is 16.6. The van der Waals surface area contributed by atoms with Crippen LogP contribution in [0.15, 0.2) is 0 Å². The molecular formula is C7H13NO2. The topological polar surface area (TPSA) is 21.7 Å². The molecule has 2 fully saturated rings. The molecule has 10 heavy (non-hydrogen) atoms. The normalized spacial score (nSPS) is 35.4. The first-order valence-corrected chi connectivity index (χ1v) is 3.90. The number of ether oxygens (including phenoxy) is 2. The first kappa shape index (κ1) is 6.58. The highest BCUT2D eigenvalue weighted by Crippen LogP contribution is 2.14. The fourth-order valence-corrected chi connectivity index (χ4v) is 1.31. The van der Waals surface area contributed by atoms with Crippen molar-refractivity contribution in [1.29, 1.82) is 0 Å². The van der Waals surface area contributed by atoms with E-state index in [0.717, 1.165) is 19.8 Å². The van der Waals surface area contributed by atoms with Gasteiger partial charge in [-0.15, -0.1) is 0 Å². The van der Waals surface area contributed by atoms with E-state index >= 15 is 0 Å². The summed E-state index contributed by atoms with van der Waals surface area (Å²) >= 11 is 0. The van der Waals surface area contributed by atoms with Crippen LogP contribution in [0.4, 0.5) is 0 Å². The standard InChI is InChI=1S/C7H13NO2/c1-2-8(3-1)7-6-9-4-5-10-7/h7H,1-6H2. The predicted octanol–water partition coefficient (Wildman–Crippen LogP) is 0.0650. The molecule has 2 aliphatic heterocycles. The number of hydrogen-bond acceptors (Lipinski definition) is 3. The number of hydrogen-bond donors (Lipinski definition) is 0. The summed E-state index contributed by atoms with van der Waals surface area (Å²) in [7, 11) is 0. The second kappa shape index (κ2) is 2.86. The summed E-state index contributed by atoms with van der Waals surface area (Å²) in [5, 5.41) is 0. The molecule has 0 bridgehead atoms. The average Bonchev–Trinajstić information content (AvgIpc) is 1.86. The van der Waals surface area contributed by atoms with E-state index in [1.807, 2.05) is 0 Å². The molecule has 0 aromatic heterocycles. The third-order valence-electron chi connectivity index (χ3n) is 2.10. The van der Waals surface area contributed by atoms with E-state index in [-0.39, 0.29) is 6.23 Å². The third-order valence-corrected chi connectivity index (χ3v) is 2.10. The monoisotopic (exact) mass is 143 g/mol. The first-order chi connectivity index (χ1) is 4.97. The molecule has 1 atom stereocenters. The van der Waals surface area contributed by atoms with E-state index < -0.39 is 0 Å². The van der Waals surface area contributed by atoms with E-state index in [9.17, 15) is 0 Å². The molecular weight excluding hydrogens is 130 g/mol. The van der Waals surface area contributed by atoms with Crippen molar-refractivity contribution in [3.8, 4) is 0 Å². The molecule has 2 heterocycles. The summed E-state index contributed by atoms with van der Waals surface area (Å²) in [6.07, 6.45) is 1.59. The Balaban J connectivity index is 1.78. The Hall–Kier alpha value is -0.120. The highest BCUT2D eigenvalue weighted by molar-refractivity contribution is 4.73. The molecule has 2 saturated heterocycles. The van der Waals surface area contributed by atoms with Crippen LogP contribution in [0, 0.1) is 0 Å². The summed E-state index contributed by atoms with van der Waals surface area (Å²) in [5.74, 6) is 0. The molecule has 2 rings (SSSR count). The summed E-state index contributed by atoms with van der Waals surface area (Å²) in [5.41, 5.74) is 0. The van der Waals surface area contributed by atoms with Gasteiger partial charge in [0.2, 0.25) is 0 Å². The second-order valence-electron chi connectivity index (χ2n) is 2.79. The Kier molecular flexibility index (Phi) is 1.88. The van der Waals surface area contributed by atoms with Crippen LogP contribution in [0.3, 0.4) is 0 Å². The van der Waals surface area contributed by atoms with Crippen molar-refractivity contribution in [1.82, 2.24) is 4.90 Å². The zero-order valence-corrected chi connectivity index (χ0v) is 6.08. The van der Waals surface area contributed by atoms with Crippen LogP contribution in [-0.4, -0.2) is 44.0 Å². The van der Waals surface area contributed by atoms with Crippen molar-refractivity contribution in [3.63, 3.8) is 0 Å². The average molecular weight is 143 g/mol.